The fourth-order valence-electron chi connectivity index (χ4n) is 1.73. The van der Waals surface area contributed by atoms with E-state index in [1.165, 1.54) is 10.7 Å². The smallest absolute Gasteiger partial charge is 0.276 e. The van der Waals surface area contributed by atoms with Crippen LogP contribution in [-0.4, -0.2) is 20.8 Å². The number of phenols is 1. The average Bonchev–Trinajstić information content (AvgIpc) is 2.74. The largest absolute Gasteiger partial charge is 0.506 e. The number of hydrogen-bond donors (Lipinski definition) is 3. The summed E-state index contributed by atoms with van der Waals surface area (Å²) < 4.78 is 1.53. The van der Waals surface area contributed by atoms with Crippen LogP contribution in [0.4, 0.5) is 11.5 Å². The van der Waals surface area contributed by atoms with E-state index in [0.717, 1.165) is 5.56 Å². The Labute approximate surface area is 110 Å². The molecule has 0 aliphatic heterocycles. The Hall–Kier alpha value is -2.50. The van der Waals surface area contributed by atoms with Crippen LogP contribution in [0.3, 0.4) is 0 Å². The number of benzene rings is 1. The Bertz CT molecular complexity index is 619. The maximum Gasteiger partial charge on any atom is 0.276 e. The van der Waals surface area contributed by atoms with E-state index in [-0.39, 0.29) is 11.4 Å². The molecule has 0 saturated carbocycles. The monoisotopic (exact) mass is 260 g/mol. The topological polar surface area (TPSA) is 93.2 Å². The van der Waals surface area contributed by atoms with Crippen LogP contribution in [0.15, 0.2) is 24.3 Å². The van der Waals surface area contributed by atoms with E-state index in [9.17, 15) is 9.90 Å². The highest BCUT2D eigenvalue weighted by atomic mass is 16.3. The molecule has 6 heteroatoms. The van der Waals surface area contributed by atoms with Crippen molar-refractivity contribution in [3.8, 4) is 5.75 Å². The van der Waals surface area contributed by atoms with E-state index >= 15 is 0 Å². The summed E-state index contributed by atoms with van der Waals surface area (Å²) in [6.07, 6.45) is 0. The summed E-state index contributed by atoms with van der Waals surface area (Å²) in [5.41, 5.74) is 7.18. The molecule has 0 saturated heterocycles. The SMILES string of the molecule is CCn1nc(C(=O)Nc2ccc(C)cc2O)cc1N. The molecular formula is C13H16N4O2. The summed E-state index contributed by atoms with van der Waals surface area (Å²) in [5.74, 6) is 0.0510. The lowest BCUT2D eigenvalue weighted by Gasteiger charge is -2.06. The Balaban J connectivity index is 2.20. The number of carbonyl (C=O) groups is 1. The predicted octanol–water partition coefficient (Wildman–Crippen LogP) is 1.75. The third-order valence-electron chi connectivity index (χ3n) is 2.74. The number of anilines is 2. The normalized spacial score (nSPS) is 10.4. The number of phenolic OH excluding ortho intramolecular Hbond substituents is 1. The minimum atomic E-state index is -0.405. The standard InChI is InChI=1S/C13H16N4O2/c1-3-17-12(14)7-10(16-17)13(19)15-9-5-4-8(2)6-11(9)18/h4-7,18H,3,14H2,1-2H3,(H,15,19). The predicted molar refractivity (Wildman–Crippen MR) is 73.1 cm³/mol. The summed E-state index contributed by atoms with van der Waals surface area (Å²) >= 11 is 0. The fraction of sp³-hybridized carbons (Fsp3) is 0.231. The lowest BCUT2D eigenvalue weighted by molar-refractivity contribution is 0.102. The van der Waals surface area contributed by atoms with Crippen molar-refractivity contribution < 1.29 is 9.90 Å². The zero-order chi connectivity index (χ0) is 14.0. The minimum Gasteiger partial charge on any atom is -0.506 e. The average molecular weight is 260 g/mol. The molecule has 0 bridgehead atoms. The summed E-state index contributed by atoms with van der Waals surface area (Å²) in [5, 5.41) is 16.4. The number of nitrogens with zero attached hydrogens (tertiary/aromatic N) is 2. The number of aryl methyl sites for hydroxylation is 2. The highest BCUT2D eigenvalue weighted by Crippen LogP contribution is 2.24. The van der Waals surface area contributed by atoms with Crippen molar-refractivity contribution >= 4 is 17.4 Å². The molecule has 2 aromatic rings. The van der Waals surface area contributed by atoms with Gasteiger partial charge in [0.05, 0.1) is 5.69 Å². The van der Waals surface area contributed by atoms with Gasteiger partial charge >= 0.3 is 0 Å². The van der Waals surface area contributed by atoms with Crippen molar-refractivity contribution in [2.45, 2.75) is 20.4 Å². The van der Waals surface area contributed by atoms with Crippen LogP contribution in [0, 0.1) is 6.92 Å². The lowest BCUT2D eigenvalue weighted by atomic mass is 10.2. The number of nitrogens with two attached hydrogens (primary N) is 1. The second-order valence-electron chi connectivity index (χ2n) is 4.24. The molecule has 0 fully saturated rings. The van der Waals surface area contributed by atoms with E-state index < -0.39 is 5.91 Å². The summed E-state index contributed by atoms with van der Waals surface area (Å²) in [7, 11) is 0. The first-order valence-corrected chi connectivity index (χ1v) is 5.95. The van der Waals surface area contributed by atoms with Gasteiger partial charge in [-0.05, 0) is 31.5 Å². The molecule has 1 heterocycles. The number of hydrogen-bond acceptors (Lipinski definition) is 4. The first-order chi connectivity index (χ1) is 9.01. The molecule has 0 atom stereocenters. The first kappa shape index (κ1) is 12.9. The molecule has 0 spiro atoms. The number of aromatic nitrogens is 2. The Kier molecular flexibility index (Phi) is 3.41. The van der Waals surface area contributed by atoms with E-state index in [1.807, 2.05) is 13.8 Å². The molecule has 0 unspecified atom stereocenters. The van der Waals surface area contributed by atoms with Gasteiger partial charge in [0.15, 0.2) is 5.69 Å². The van der Waals surface area contributed by atoms with E-state index in [2.05, 4.69) is 10.4 Å². The van der Waals surface area contributed by atoms with Gasteiger partial charge in [0.1, 0.15) is 11.6 Å². The summed E-state index contributed by atoms with van der Waals surface area (Å²) in [6.45, 7) is 4.33. The van der Waals surface area contributed by atoms with Crippen LogP contribution >= 0.6 is 0 Å². The third-order valence-corrected chi connectivity index (χ3v) is 2.74. The number of rotatable bonds is 3. The van der Waals surface area contributed by atoms with Crippen molar-refractivity contribution in [1.82, 2.24) is 9.78 Å². The number of amides is 1. The summed E-state index contributed by atoms with van der Waals surface area (Å²) in [6, 6.07) is 6.52. The highest BCUT2D eigenvalue weighted by molar-refractivity contribution is 6.04. The second-order valence-corrected chi connectivity index (χ2v) is 4.24. The van der Waals surface area contributed by atoms with Crippen molar-refractivity contribution in [1.29, 1.82) is 0 Å². The maximum absolute atomic E-state index is 12.0. The minimum absolute atomic E-state index is 0.0243. The summed E-state index contributed by atoms with van der Waals surface area (Å²) in [4.78, 5) is 12.0. The van der Waals surface area contributed by atoms with Crippen molar-refractivity contribution in [3.05, 3.63) is 35.5 Å². The molecule has 0 aliphatic carbocycles. The van der Waals surface area contributed by atoms with E-state index in [1.54, 1.807) is 18.2 Å². The van der Waals surface area contributed by atoms with Crippen LogP contribution in [0.25, 0.3) is 0 Å². The van der Waals surface area contributed by atoms with Gasteiger partial charge in [-0.2, -0.15) is 5.10 Å². The number of nitrogen functional groups attached to an aromatic ring is 1. The van der Waals surface area contributed by atoms with Crippen LogP contribution in [0.2, 0.25) is 0 Å². The zero-order valence-electron chi connectivity index (χ0n) is 10.8. The first-order valence-electron chi connectivity index (χ1n) is 5.95. The van der Waals surface area contributed by atoms with Crippen LogP contribution < -0.4 is 11.1 Å². The van der Waals surface area contributed by atoms with Crippen molar-refractivity contribution in [2.24, 2.45) is 0 Å². The Morgan fingerprint density at radius 3 is 2.79 bits per heavy atom. The number of nitrogens with one attached hydrogen (secondary N) is 1. The third kappa shape index (κ3) is 2.67. The molecule has 0 aliphatic rings. The van der Waals surface area contributed by atoms with Crippen molar-refractivity contribution in [3.63, 3.8) is 0 Å². The van der Waals surface area contributed by atoms with Gasteiger partial charge in [-0.15, -0.1) is 0 Å². The van der Waals surface area contributed by atoms with E-state index in [4.69, 9.17) is 5.73 Å². The van der Waals surface area contributed by atoms with Gasteiger partial charge in [-0.1, -0.05) is 6.07 Å². The van der Waals surface area contributed by atoms with Crippen LogP contribution in [0.5, 0.6) is 5.75 Å². The number of carbonyl (C=O) groups excluding carboxylic acids is 1. The highest BCUT2D eigenvalue weighted by Gasteiger charge is 2.13. The maximum atomic E-state index is 12.0. The second kappa shape index (κ2) is 5.01. The molecule has 1 aromatic heterocycles. The van der Waals surface area contributed by atoms with Gasteiger partial charge in [0.25, 0.3) is 5.91 Å². The molecule has 19 heavy (non-hydrogen) atoms. The van der Waals surface area contributed by atoms with Crippen molar-refractivity contribution in [2.75, 3.05) is 11.1 Å². The van der Waals surface area contributed by atoms with Gasteiger partial charge in [-0.3, -0.25) is 4.79 Å². The van der Waals surface area contributed by atoms with Gasteiger partial charge in [-0.25, -0.2) is 4.68 Å². The molecule has 100 valence electrons. The lowest BCUT2D eigenvalue weighted by Crippen LogP contribution is -2.13. The Morgan fingerprint density at radius 1 is 1.47 bits per heavy atom. The van der Waals surface area contributed by atoms with Gasteiger partial charge < -0.3 is 16.2 Å². The van der Waals surface area contributed by atoms with Gasteiger partial charge in [0.2, 0.25) is 0 Å². The molecule has 0 radical (unpaired) electrons. The quantitative estimate of drug-likeness (QED) is 0.733. The molecule has 1 amide bonds. The fourth-order valence-corrected chi connectivity index (χ4v) is 1.73. The van der Waals surface area contributed by atoms with E-state index in [0.29, 0.717) is 18.1 Å². The number of aromatic hydroxyl groups is 1. The Morgan fingerprint density at radius 2 is 2.21 bits per heavy atom. The zero-order valence-corrected chi connectivity index (χ0v) is 10.8. The molecule has 4 N–H and O–H groups in total. The molecule has 6 nitrogen and oxygen atoms in total. The van der Waals surface area contributed by atoms with Crippen LogP contribution in [-0.2, 0) is 6.54 Å². The molecule has 1 aromatic carbocycles. The molecule has 2 rings (SSSR count). The van der Waals surface area contributed by atoms with Crippen LogP contribution in [0.1, 0.15) is 23.0 Å². The van der Waals surface area contributed by atoms with Gasteiger partial charge in [0, 0.05) is 12.6 Å². The molecular weight excluding hydrogens is 244 g/mol.